The molecule has 86 valence electrons. The average molecular weight is 230 g/mol. The van der Waals surface area contributed by atoms with Crippen LogP contribution in [-0.2, 0) is 0 Å². The molecule has 17 heavy (non-hydrogen) atoms. The highest BCUT2D eigenvalue weighted by molar-refractivity contribution is 5.89. The molecule has 2 rings (SSSR count). The van der Waals surface area contributed by atoms with Gasteiger partial charge in [0.2, 0.25) is 0 Å². The van der Waals surface area contributed by atoms with Crippen molar-refractivity contribution in [2.24, 2.45) is 0 Å². The molecule has 0 aliphatic heterocycles. The number of pyridine rings is 1. The van der Waals surface area contributed by atoms with Crippen molar-refractivity contribution >= 4 is 22.7 Å². The second-order valence-corrected chi connectivity index (χ2v) is 3.42. The molecule has 0 aliphatic rings. The van der Waals surface area contributed by atoms with E-state index in [1.54, 1.807) is 24.3 Å². The molecule has 0 N–H and O–H groups in total. The van der Waals surface area contributed by atoms with Gasteiger partial charge < -0.3 is 4.74 Å². The first-order valence-corrected chi connectivity index (χ1v) is 4.91. The van der Waals surface area contributed by atoms with E-state index < -0.39 is 4.92 Å². The molecule has 0 fully saturated rings. The number of nitro benzene ring substituents is 1. The van der Waals surface area contributed by atoms with Crippen LogP contribution >= 0.6 is 0 Å². The molecule has 0 saturated heterocycles. The van der Waals surface area contributed by atoms with E-state index in [9.17, 15) is 10.1 Å². The van der Waals surface area contributed by atoms with E-state index in [0.29, 0.717) is 22.3 Å². The minimum Gasteiger partial charge on any atom is -0.496 e. The van der Waals surface area contributed by atoms with Gasteiger partial charge in [0.05, 0.1) is 23.8 Å². The Morgan fingerprint density at radius 3 is 2.82 bits per heavy atom. The van der Waals surface area contributed by atoms with Crippen molar-refractivity contribution in [2.45, 2.75) is 0 Å². The normalized spacial score (nSPS) is 10.2. The first kappa shape index (κ1) is 11.1. The topological polar surface area (TPSA) is 65.3 Å². The third kappa shape index (κ3) is 1.94. The van der Waals surface area contributed by atoms with Gasteiger partial charge in [-0.2, -0.15) is 0 Å². The summed E-state index contributed by atoms with van der Waals surface area (Å²) in [5.74, 6) is 0.442. The quantitative estimate of drug-likeness (QED) is 0.600. The Labute approximate surface area is 97.5 Å². The summed E-state index contributed by atoms with van der Waals surface area (Å²) in [5.41, 5.74) is 0.877. The third-order valence-electron chi connectivity index (χ3n) is 2.41. The third-order valence-corrected chi connectivity index (χ3v) is 2.41. The predicted molar refractivity (Wildman–Crippen MR) is 65.0 cm³/mol. The number of non-ortho nitro benzene ring substituents is 1. The minimum atomic E-state index is -0.468. The van der Waals surface area contributed by atoms with E-state index in [-0.39, 0.29) is 5.69 Å². The van der Waals surface area contributed by atoms with E-state index in [0.717, 1.165) is 0 Å². The number of hydrogen-bond acceptors (Lipinski definition) is 4. The minimum absolute atomic E-state index is 0.0666. The Morgan fingerprint density at radius 1 is 1.47 bits per heavy atom. The number of aromatic nitrogens is 1. The van der Waals surface area contributed by atoms with Crippen molar-refractivity contribution in [3.05, 3.63) is 46.7 Å². The average Bonchev–Trinajstić information content (AvgIpc) is 2.36. The molecule has 0 bridgehead atoms. The largest absolute Gasteiger partial charge is 0.496 e. The summed E-state index contributed by atoms with van der Waals surface area (Å²) in [5, 5.41) is 11.6. The molecule has 0 unspecified atom stereocenters. The van der Waals surface area contributed by atoms with E-state index in [1.807, 2.05) is 0 Å². The number of fused-ring (bicyclic) bond motifs is 1. The summed E-state index contributed by atoms with van der Waals surface area (Å²) < 4.78 is 5.02. The molecule has 0 saturated carbocycles. The fourth-order valence-corrected chi connectivity index (χ4v) is 1.58. The number of hydrogen-bond donors (Lipinski definition) is 0. The molecular weight excluding hydrogens is 220 g/mol. The van der Waals surface area contributed by atoms with Crippen molar-refractivity contribution in [3.8, 4) is 5.75 Å². The SMILES string of the molecule is C=Cc1ccc2cc(OC)cc([N+](=O)[O-])c2n1. The summed E-state index contributed by atoms with van der Waals surface area (Å²) >= 11 is 0. The summed E-state index contributed by atoms with van der Waals surface area (Å²) in [7, 11) is 1.47. The zero-order chi connectivity index (χ0) is 12.4. The van der Waals surface area contributed by atoms with Crippen molar-refractivity contribution < 1.29 is 9.66 Å². The summed E-state index contributed by atoms with van der Waals surface area (Å²) in [6.45, 7) is 3.59. The highest BCUT2D eigenvalue weighted by Gasteiger charge is 2.15. The van der Waals surface area contributed by atoms with Crippen LogP contribution in [0.15, 0.2) is 30.8 Å². The van der Waals surface area contributed by atoms with Crippen molar-refractivity contribution in [1.82, 2.24) is 4.98 Å². The van der Waals surface area contributed by atoms with Gasteiger partial charge in [0.1, 0.15) is 11.3 Å². The van der Waals surface area contributed by atoms with Crippen LogP contribution in [-0.4, -0.2) is 17.0 Å². The van der Waals surface area contributed by atoms with Crippen LogP contribution in [0.3, 0.4) is 0 Å². The van der Waals surface area contributed by atoms with Crippen molar-refractivity contribution in [1.29, 1.82) is 0 Å². The zero-order valence-electron chi connectivity index (χ0n) is 9.21. The van der Waals surface area contributed by atoms with Crippen LogP contribution in [0.2, 0.25) is 0 Å². The zero-order valence-corrected chi connectivity index (χ0v) is 9.21. The fraction of sp³-hybridized carbons (Fsp3) is 0.0833. The van der Waals surface area contributed by atoms with Crippen LogP contribution < -0.4 is 4.74 Å². The molecule has 0 atom stereocenters. The monoisotopic (exact) mass is 230 g/mol. The second kappa shape index (κ2) is 4.21. The molecule has 2 aromatic rings. The predicted octanol–water partition coefficient (Wildman–Crippen LogP) is 2.79. The van der Waals surface area contributed by atoms with Crippen molar-refractivity contribution in [3.63, 3.8) is 0 Å². The molecule has 1 heterocycles. The summed E-state index contributed by atoms with van der Waals surface area (Å²) in [6.07, 6.45) is 1.55. The summed E-state index contributed by atoms with van der Waals surface area (Å²) in [4.78, 5) is 14.7. The van der Waals surface area contributed by atoms with E-state index in [1.165, 1.54) is 13.2 Å². The van der Waals surface area contributed by atoms with Gasteiger partial charge in [-0.1, -0.05) is 12.6 Å². The van der Waals surface area contributed by atoms with Gasteiger partial charge in [0.15, 0.2) is 0 Å². The summed E-state index contributed by atoms with van der Waals surface area (Å²) in [6, 6.07) is 6.58. The highest BCUT2D eigenvalue weighted by atomic mass is 16.6. The van der Waals surface area contributed by atoms with Gasteiger partial charge in [-0.25, -0.2) is 4.98 Å². The molecule has 1 aromatic heterocycles. The number of nitrogens with zero attached hydrogens (tertiary/aromatic N) is 2. The number of benzene rings is 1. The lowest BCUT2D eigenvalue weighted by Gasteiger charge is -2.04. The first-order chi connectivity index (χ1) is 8.15. The van der Waals surface area contributed by atoms with Gasteiger partial charge in [-0.05, 0) is 18.2 Å². The van der Waals surface area contributed by atoms with Crippen LogP contribution in [0.25, 0.3) is 17.0 Å². The molecule has 5 heteroatoms. The Morgan fingerprint density at radius 2 is 2.24 bits per heavy atom. The van der Waals surface area contributed by atoms with E-state index in [4.69, 9.17) is 4.74 Å². The van der Waals surface area contributed by atoms with Gasteiger partial charge in [0, 0.05) is 5.39 Å². The van der Waals surface area contributed by atoms with Crippen LogP contribution in [0.5, 0.6) is 5.75 Å². The molecular formula is C12H10N2O3. The molecule has 5 nitrogen and oxygen atoms in total. The van der Waals surface area contributed by atoms with Gasteiger partial charge >= 0.3 is 0 Å². The Hall–Kier alpha value is -2.43. The van der Waals surface area contributed by atoms with Crippen molar-refractivity contribution in [2.75, 3.05) is 7.11 Å². The van der Waals surface area contributed by atoms with Crippen LogP contribution in [0, 0.1) is 10.1 Å². The fourth-order valence-electron chi connectivity index (χ4n) is 1.58. The van der Waals surface area contributed by atoms with Gasteiger partial charge in [0.25, 0.3) is 5.69 Å². The first-order valence-electron chi connectivity index (χ1n) is 4.91. The van der Waals surface area contributed by atoms with Crippen LogP contribution in [0.1, 0.15) is 5.69 Å². The maximum atomic E-state index is 11.0. The van der Waals surface area contributed by atoms with E-state index >= 15 is 0 Å². The maximum absolute atomic E-state index is 11.0. The molecule has 0 radical (unpaired) electrons. The molecule has 0 spiro atoms. The molecule has 0 aliphatic carbocycles. The smallest absolute Gasteiger partial charge is 0.299 e. The number of methoxy groups -OCH3 is 1. The standard InChI is InChI=1S/C12H10N2O3/c1-3-9-5-4-8-6-10(17-2)7-11(14(15)16)12(8)13-9/h3-7H,1H2,2H3. The Kier molecular flexibility index (Phi) is 2.74. The Balaban J connectivity index is 2.81. The van der Waals surface area contributed by atoms with Gasteiger partial charge in [-0.15, -0.1) is 0 Å². The lowest BCUT2D eigenvalue weighted by Crippen LogP contribution is -1.94. The number of ether oxygens (including phenoxy) is 1. The highest BCUT2D eigenvalue weighted by Crippen LogP contribution is 2.29. The lowest BCUT2D eigenvalue weighted by atomic mass is 10.1. The lowest BCUT2D eigenvalue weighted by molar-refractivity contribution is -0.383. The van der Waals surface area contributed by atoms with E-state index in [2.05, 4.69) is 11.6 Å². The van der Waals surface area contributed by atoms with Crippen LogP contribution in [0.4, 0.5) is 5.69 Å². The number of nitro groups is 1. The second-order valence-electron chi connectivity index (χ2n) is 3.42. The maximum Gasteiger partial charge on any atom is 0.299 e. The molecule has 0 amide bonds. The van der Waals surface area contributed by atoms with Gasteiger partial charge in [-0.3, -0.25) is 10.1 Å². The molecule has 1 aromatic carbocycles. The Bertz CT molecular complexity index is 608. The number of rotatable bonds is 3.